The molecular formula is C14H18ClN. The summed E-state index contributed by atoms with van der Waals surface area (Å²) in [5.41, 5.74) is 4.50. The first kappa shape index (κ1) is 12.9. The maximum absolute atomic E-state index is 5.99. The first-order valence-corrected chi connectivity index (χ1v) is 5.80. The van der Waals surface area contributed by atoms with E-state index in [1.54, 1.807) is 0 Å². The second-order valence-electron chi connectivity index (χ2n) is 3.84. The maximum Gasteiger partial charge on any atom is 0.0412 e. The fourth-order valence-corrected chi connectivity index (χ4v) is 1.81. The zero-order valence-electron chi connectivity index (χ0n) is 10.1. The van der Waals surface area contributed by atoms with Gasteiger partial charge in [-0.2, -0.15) is 0 Å². The van der Waals surface area contributed by atoms with Crippen LogP contribution in [0.4, 0.5) is 0 Å². The summed E-state index contributed by atoms with van der Waals surface area (Å²) in [7, 11) is 0. The van der Waals surface area contributed by atoms with Crippen molar-refractivity contribution in [2.75, 3.05) is 6.54 Å². The Morgan fingerprint density at radius 1 is 1.50 bits per heavy atom. The highest BCUT2D eigenvalue weighted by Gasteiger charge is 2.01. The highest BCUT2D eigenvalue weighted by atomic mass is 35.5. The second kappa shape index (κ2) is 5.76. The standard InChI is InChI=1S/C14H18ClN/c1-5-16-12(4)8-11(3)14-9-13(15)7-6-10(14)2/h6-9,16H,4-5H2,1-3H3/b11-8+. The molecule has 0 saturated heterocycles. The summed E-state index contributed by atoms with van der Waals surface area (Å²) in [5, 5.41) is 3.94. The molecule has 1 rings (SSSR count). The van der Waals surface area contributed by atoms with Gasteiger partial charge in [-0.05, 0) is 55.7 Å². The van der Waals surface area contributed by atoms with Gasteiger partial charge in [-0.15, -0.1) is 0 Å². The number of allylic oxidation sites excluding steroid dienone is 2. The van der Waals surface area contributed by atoms with Gasteiger partial charge < -0.3 is 5.32 Å². The molecule has 0 amide bonds. The lowest BCUT2D eigenvalue weighted by atomic mass is 10.0. The van der Waals surface area contributed by atoms with Gasteiger partial charge in [0.05, 0.1) is 0 Å². The van der Waals surface area contributed by atoms with E-state index in [4.69, 9.17) is 11.6 Å². The van der Waals surface area contributed by atoms with E-state index in [0.717, 1.165) is 17.3 Å². The summed E-state index contributed by atoms with van der Waals surface area (Å²) < 4.78 is 0. The minimum atomic E-state index is 0.766. The molecule has 0 heterocycles. The monoisotopic (exact) mass is 235 g/mol. The van der Waals surface area contributed by atoms with Crippen LogP contribution in [0.25, 0.3) is 5.57 Å². The summed E-state index contributed by atoms with van der Waals surface area (Å²) in [6, 6.07) is 5.93. The fraction of sp³-hybridized carbons (Fsp3) is 0.286. The predicted octanol–water partition coefficient (Wildman–Crippen LogP) is 4.17. The van der Waals surface area contributed by atoms with Gasteiger partial charge in [0.25, 0.3) is 0 Å². The molecule has 0 atom stereocenters. The molecule has 16 heavy (non-hydrogen) atoms. The second-order valence-corrected chi connectivity index (χ2v) is 4.28. The third-order valence-corrected chi connectivity index (χ3v) is 2.65. The fourth-order valence-electron chi connectivity index (χ4n) is 1.64. The van der Waals surface area contributed by atoms with Gasteiger partial charge in [0.15, 0.2) is 0 Å². The average molecular weight is 236 g/mol. The van der Waals surface area contributed by atoms with Crippen LogP contribution < -0.4 is 5.32 Å². The van der Waals surface area contributed by atoms with Crippen LogP contribution >= 0.6 is 11.6 Å². The molecular weight excluding hydrogens is 218 g/mol. The molecule has 1 aromatic rings. The Bertz CT molecular complexity index is 419. The van der Waals surface area contributed by atoms with Gasteiger partial charge in [-0.3, -0.25) is 0 Å². The largest absolute Gasteiger partial charge is 0.386 e. The average Bonchev–Trinajstić information content (AvgIpc) is 2.21. The predicted molar refractivity (Wildman–Crippen MR) is 72.7 cm³/mol. The zero-order valence-corrected chi connectivity index (χ0v) is 10.9. The highest BCUT2D eigenvalue weighted by molar-refractivity contribution is 6.30. The van der Waals surface area contributed by atoms with Gasteiger partial charge in [0, 0.05) is 17.3 Å². The number of likely N-dealkylation sites (N-methyl/N-ethyl adjacent to an activating group) is 1. The van der Waals surface area contributed by atoms with E-state index in [9.17, 15) is 0 Å². The van der Waals surface area contributed by atoms with E-state index in [1.807, 2.05) is 24.3 Å². The van der Waals surface area contributed by atoms with Crippen molar-refractivity contribution >= 4 is 17.2 Å². The molecule has 0 aliphatic carbocycles. The molecule has 0 fully saturated rings. The molecule has 1 nitrogen and oxygen atoms in total. The number of aryl methyl sites for hydroxylation is 1. The van der Waals surface area contributed by atoms with Crippen LogP contribution in [0.15, 0.2) is 36.6 Å². The smallest absolute Gasteiger partial charge is 0.0412 e. The molecule has 0 aliphatic heterocycles. The SMILES string of the molecule is C=C(/C=C(\C)c1cc(Cl)ccc1C)NCC. The lowest BCUT2D eigenvalue weighted by Crippen LogP contribution is -2.09. The minimum absolute atomic E-state index is 0.766. The lowest BCUT2D eigenvalue weighted by molar-refractivity contribution is 0.883. The van der Waals surface area contributed by atoms with E-state index < -0.39 is 0 Å². The number of benzene rings is 1. The van der Waals surface area contributed by atoms with Crippen LogP contribution in [-0.4, -0.2) is 6.54 Å². The Kier molecular flexibility index (Phi) is 4.63. The molecule has 0 bridgehead atoms. The molecule has 0 aromatic heterocycles. The summed E-state index contributed by atoms with van der Waals surface area (Å²) in [6.07, 6.45) is 2.04. The van der Waals surface area contributed by atoms with Crippen LogP contribution in [0.5, 0.6) is 0 Å². The molecule has 0 spiro atoms. The molecule has 2 heteroatoms. The molecule has 0 aliphatic rings. The summed E-state index contributed by atoms with van der Waals surface area (Å²) >= 11 is 5.99. The van der Waals surface area contributed by atoms with Crippen LogP contribution in [0.2, 0.25) is 5.02 Å². The van der Waals surface area contributed by atoms with Crippen LogP contribution in [0.3, 0.4) is 0 Å². The Hall–Kier alpha value is -1.21. The van der Waals surface area contributed by atoms with Crippen LogP contribution in [0, 0.1) is 6.92 Å². The topological polar surface area (TPSA) is 12.0 Å². The Morgan fingerprint density at radius 2 is 2.19 bits per heavy atom. The summed E-state index contributed by atoms with van der Waals surface area (Å²) in [5.74, 6) is 0. The number of hydrogen-bond donors (Lipinski definition) is 1. The summed E-state index contributed by atoms with van der Waals surface area (Å²) in [6.45, 7) is 11.0. The van der Waals surface area contributed by atoms with Crippen molar-refractivity contribution < 1.29 is 0 Å². The van der Waals surface area contributed by atoms with Crippen molar-refractivity contribution in [3.63, 3.8) is 0 Å². The van der Waals surface area contributed by atoms with E-state index in [2.05, 4.69) is 32.7 Å². The lowest BCUT2D eigenvalue weighted by Gasteiger charge is -2.08. The van der Waals surface area contributed by atoms with Gasteiger partial charge in [0.1, 0.15) is 0 Å². The van der Waals surface area contributed by atoms with E-state index in [1.165, 1.54) is 16.7 Å². The molecule has 0 radical (unpaired) electrons. The van der Waals surface area contributed by atoms with E-state index >= 15 is 0 Å². The van der Waals surface area contributed by atoms with Crippen molar-refractivity contribution in [3.8, 4) is 0 Å². The van der Waals surface area contributed by atoms with Crippen molar-refractivity contribution in [2.24, 2.45) is 0 Å². The normalized spacial score (nSPS) is 11.4. The molecule has 0 unspecified atom stereocenters. The first-order chi connectivity index (χ1) is 7.54. The molecule has 1 N–H and O–H groups in total. The molecule has 0 saturated carbocycles. The number of halogens is 1. The highest BCUT2D eigenvalue weighted by Crippen LogP contribution is 2.23. The van der Waals surface area contributed by atoms with Crippen molar-refractivity contribution in [2.45, 2.75) is 20.8 Å². The first-order valence-electron chi connectivity index (χ1n) is 5.42. The quantitative estimate of drug-likeness (QED) is 0.773. The molecule has 86 valence electrons. The van der Waals surface area contributed by atoms with Crippen molar-refractivity contribution in [1.82, 2.24) is 5.32 Å². The Balaban J connectivity index is 2.99. The van der Waals surface area contributed by atoms with Crippen LogP contribution in [0.1, 0.15) is 25.0 Å². The minimum Gasteiger partial charge on any atom is -0.386 e. The van der Waals surface area contributed by atoms with Crippen molar-refractivity contribution in [1.29, 1.82) is 0 Å². The van der Waals surface area contributed by atoms with Crippen molar-refractivity contribution in [3.05, 3.63) is 52.7 Å². The van der Waals surface area contributed by atoms with Crippen LogP contribution in [-0.2, 0) is 0 Å². The van der Waals surface area contributed by atoms with E-state index in [0.29, 0.717) is 0 Å². The van der Waals surface area contributed by atoms with Gasteiger partial charge in [-0.25, -0.2) is 0 Å². The number of hydrogen-bond acceptors (Lipinski definition) is 1. The van der Waals surface area contributed by atoms with Gasteiger partial charge >= 0.3 is 0 Å². The number of nitrogens with one attached hydrogen (secondary N) is 1. The Morgan fingerprint density at radius 3 is 2.81 bits per heavy atom. The van der Waals surface area contributed by atoms with E-state index in [-0.39, 0.29) is 0 Å². The summed E-state index contributed by atoms with van der Waals surface area (Å²) in [4.78, 5) is 0. The third kappa shape index (κ3) is 3.42. The maximum atomic E-state index is 5.99. The third-order valence-electron chi connectivity index (χ3n) is 2.42. The molecule has 1 aromatic carbocycles. The Labute approximate surface area is 103 Å². The van der Waals surface area contributed by atoms with Gasteiger partial charge in [0.2, 0.25) is 0 Å². The van der Waals surface area contributed by atoms with Gasteiger partial charge in [-0.1, -0.05) is 24.2 Å². The number of rotatable bonds is 4. The zero-order chi connectivity index (χ0) is 12.1.